The lowest BCUT2D eigenvalue weighted by Gasteiger charge is -2.26. The van der Waals surface area contributed by atoms with Crippen molar-refractivity contribution in [2.45, 2.75) is 6.61 Å². The fourth-order valence-corrected chi connectivity index (χ4v) is 4.83. The number of rotatable bonds is 5. The van der Waals surface area contributed by atoms with Crippen LogP contribution < -0.4 is 15.0 Å². The lowest BCUT2D eigenvalue weighted by atomic mass is 10.1. The van der Waals surface area contributed by atoms with Crippen molar-refractivity contribution in [1.29, 1.82) is 0 Å². The maximum atomic E-state index is 14.0. The van der Waals surface area contributed by atoms with Crippen molar-refractivity contribution in [2.24, 2.45) is 0 Å². The molecule has 10 heteroatoms. The Morgan fingerprint density at radius 3 is 2.53 bits per heavy atom. The highest BCUT2D eigenvalue weighted by atomic mass is 79.9. The molecule has 34 heavy (non-hydrogen) atoms. The van der Waals surface area contributed by atoms with Crippen molar-refractivity contribution in [2.75, 3.05) is 4.90 Å². The van der Waals surface area contributed by atoms with Gasteiger partial charge >= 0.3 is 6.03 Å². The molecule has 4 rings (SSSR count). The van der Waals surface area contributed by atoms with Gasteiger partial charge in [0.05, 0.1) is 10.2 Å². The molecule has 0 saturated carbocycles. The topological polar surface area (TPSA) is 75.7 Å². The number of barbiturate groups is 1. The van der Waals surface area contributed by atoms with Crippen molar-refractivity contribution < 1.29 is 23.5 Å². The highest BCUT2D eigenvalue weighted by Crippen LogP contribution is 2.36. The molecule has 4 amide bonds. The smallest absolute Gasteiger partial charge is 0.335 e. The van der Waals surface area contributed by atoms with Gasteiger partial charge in [-0.25, -0.2) is 14.1 Å². The summed E-state index contributed by atoms with van der Waals surface area (Å²) < 4.78 is 21.0. The van der Waals surface area contributed by atoms with E-state index in [1.54, 1.807) is 42.5 Å². The standard InChI is InChI=1S/C24H14Br2ClFN2O4/c25-15-8-14(21(19(26)10-15)34-12-13-4-1-2-7-20(13)28)9-18-22(31)29-24(33)30(23(18)32)17-6-3-5-16(27)11-17/h1-11H,12H2,(H,29,31,33)/b18-9+. The van der Waals surface area contributed by atoms with Crippen LogP contribution in [0.2, 0.25) is 5.02 Å². The number of hydrogen-bond donors (Lipinski definition) is 1. The first-order valence-corrected chi connectivity index (χ1v) is 11.7. The van der Waals surface area contributed by atoms with Crippen LogP contribution in [0.3, 0.4) is 0 Å². The fraction of sp³-hybridized carbons (Fsp3) is 0.0417. The van der Waals surface area contributed by atoms with Gasteiger partial charge in [-0.1, -0.05) is 51.8 Å². The summed E-state index contributed by atoms with van der Waals surface area (Å²) in [5.74, 6) is -1.82. The molecule has 0 unspecified atom stereocenters. The van der Waals surface area contributed by atoms with E-state index in [1.807, 2.05) is 0 Å². The van der Waals surface area contributed by atoms with Crippen molar-refractivity contribution in [1.82, 2.24) is 5.32 Å². The van der Waals surface area contributed by atoms with E-state index in [-0.39, 0.29) is 23.6 Å². The van der Waals surface area contributed by atoms with Crippen LogP contribution in [0.1, 0.15) is 11.1 Å². The van der Waals surface area contributed by atoms with Crippen LogP contribution in [0.25, 0.3) is 6.08 Å². The monoisotopic (exact) mass is 606 g/mol. The Morgan fingerprint density at radius 1 is 1.03 bits per heavy atom. The number of benzene rings is 3. The van der Waals surface area contributed by atoms with Crippen molar-refractivity contribution in [3.05, 3.63) is 97.1 Å². The fourth-order valence-electron chi connectivity index (χ4n) is 3.27. The highest BCUT2D eigenvalue weighted by molar-refractivity contribution is 9.11. The summed E-state index contributed by atoms with van der Waals surface area (Å²) in [5.41, 5.74) is 0.608. The largest absolute Gasteiger partial charge is 0.487 e. The van der Waals surface area contributed by atoms with Gasteiger partial charge < -0.3 is 4.74 Å². The average molecular weight is 609 g/mol. The summed E-state index contributed by atoms with van der Waals surface area (Å²) in [5, 5.41) is 2.48. The SMILES string of the molecule is O=C1NC(=O)N(c2cccc(Cl)c2)C(=O)/C1=C/c1cc(Br)cc(Br)c1OCc1ccccc1F. The van der Waals surface area contributed by atoms with Crippen LogP contribution in [-0.4, -0.2) is 17.8 Å². The number of anilines is 1. The minimum Gasteiger partial charge on any atom is -0.487 e. The Hall–Kier alpha value is -3.01. The highest BCUT2D eigenvalue weighted by Gasteiger charge is 2.37. The average Bonchev–Trinajstić information content (AvgIpc) is 2.77. The second kappa shape index (κ2) is 10.1. The van der Waals surface area contributed by atoms with E-state index in [9.17, 15) is 18.8 Å². The van der Waals surface area contributed by atoms with E-state index in [4.69, 9.17) is 16.3 Å². The van der Waals surface area contributed by atoms with E-state index in [2.05, 4.69) is 37.2 Å². The quantitative estimate of drug-likeness (QED) is 0.275. The summed E-state index contributed by atoms with van der Waals surface area (Å²) in [4.78, 5) is 39.0. The number of ether oxygens (including phenoxy) is 1. The maximum Gasteiger partial charge on any atom is 0.335 e. The Bertz CT molecular complexity index is 1360. The van der Waals surface area contributed by atoms with Crippen molar-refractivity contribution in [3.8, 4) is 5.75 Å². The number of nitrogens with one attached hydrogen (secondary N) is 1. The van der Waals surface area contributed by atoms with E-state index in [0.29, 0.717) is 25.1 Å². The van der Waals surface area contributed by atoms with Crippen molar-refractivity contribution in [3.63, 3.8) is 0 Å². The number of nitrogens with zero attached hydrogens (tertiary/aromatic N) is 1. The molecule has 0 atom stereocenters. The number of urea groups is 1. The lowest BCUT2D eigenvalue weighted by Crippen LogP contribution is -2.54. The molecule has 172 valence electrons. The van der Waals surface area contributed by atoms with E-state index < -0.39 is 23.7 Å². The molecule has 0 aromatic heterocycles. The van der Waals surface area contributed by atoms with Crippen LogP contribution in [0.5, 0.6) is 5.75 Å². The molecule has 3 aromatic carbocycles. The van der Waals surface area contributed by atoms with Gasteiger partial charge in [-0.2, -0.15) is 0 Å². The molecule has 1 N–H and O–H groups in total. The molecule has 1 heterocycles. The third-order valence-corrected chi connectivity index (χ3v) is 6.12. The lowest BCUT2D eigenvalue weighted by molar-refractivity contribution is -0.122. The number of amides is 4. The zero-order valence-electron chi connectivity index (χ0n) is 17.2. The Morgan fingerprint density at radius 2 is 1.79 bits per heavy atom. The Balaban J connectivity index is 1.73. The third kappa shape index (κ3) is 5.06. The Kier molecular flexibility index (Phi) is 7.16. The second-order valence-corrected chi connectivity index (χ2v) is 9.33. The van der Waals surface area contributed by atoms with Gasteiger partial charge in [-0.3, -0.25) is 14.9 Å². The molecule has 3 aromatic rings. The van der Waals surface area contributed by atoms with E-state index in [1.165, 1.54) is 24.3 Å². The first-order valence-electron chi connectivity index (χ1n) is 9.77. The van der Waals surface area contributed by atoms with E-state index in [0.717, 1.165) is 4.90 Å². The minimum atomic E-state index is -0.888. The summed E-state index contributed by atoms with van der Waals surface area (Å²) in [7, 11) is 0. The molecule has 1 fully saturated rings. The number of hydrogen-bond acceptors (Lipinski definition) is 4. The van der Waals surface area contributed by atoms with Gasteiger partial charge in [-0.05, 0) is 58.4 Å². The van der Waals surface area contributed by atoms with Crippen LogP contribution >= 0.6 is 43.5 Å². The molecule has 1 aliphatic heterocycles. The number of imide groups is 2. The summed E-state index contributed by atoms with van der Waals surface area (Å²) in [6.07, 6.45) is 1.31. The summed E-state index contributed by atoms with van der Waals surface area (Å²) in [6.45, 7) is -0.0870. The molecule has 0 bridgehead atoms. The normalized spacial score (nSPS) is 15.0. The number of carbonyl (C=O) groups is 3. The van der Waals surface area contributed by atoms with Crippen LogP contribution in [0, 0.1) is 5.82 Å². The second-order valence-electron chi connectivity index (χ2n) is 7.12. The number of halogens is 4. The molecular weight excluding hydrogens is 595 g/mol. The van der Waals surface area contributed by atoms with Gasteiger partial charge in [0.2, 0.25) is 0 Å². The van der Waals surface area contributed by atoms with Gasteiger partial charge in [0, 0.05) is 20.6 Å². The predicted octanol–water partition coefficient (Wildman–Crippen LogP) is 6.25. The Labute approximate surface area is 215 Å². The molecule has 6 nitrogen and oxygen atoms in total. The molecular formula is C24H14Br2ClFN2O4. The van der Waals surface area contributed by atoms with Gasteiger partial charge in [0.15, 0.2) is 0 Å². The molecule has 0 aliphatic carbocycles. The van der Waals surface area contributed by atoms with E-state index >= 15 is 0 Å². The summed E-state index contributed by atoms with van der Waals surface area (Å²) in [6, 6.07) is 14.8. The maximum absolute atomic E-state index is 14.0. The van der Waals surface area contributed by atoms with Gasteiger partial charge in [-0.15, -0.1) is 0 Å². The van der Waals surface area contributed by atoms with Crippen LogP contribution in [-0.2, 0) is 16.2 Å². The van der Waals surface area contributed by atoms with Crippen LogP contribution in [0.4, 0.5) is 14.9 Å². The zero-order valence-corrected chi connectivity index (χ0v) is 21.1. The van der Waals surface area contributed by atoms with Crippen LogP contribution in [0.15, 0.2) is 75.2 Å². The van der Waals surface area contributed by atoms with Gasteiger partial charge in [0.1, 0.15) is 23.7 Å². The van der Waals surface area contributed by atoms with Crippen molar-refractivity contribution >= 4 is 73.1 Å². The first-order chi connectivity index (χ1) is 16.2. The predicted molar refractivity (Wildman–Crippen MR) is 133 cm³/mol. The number of carbonyl (C=O) groups excluding carboxylic acids is 3. The molecule has 0 radical (unpaired) electrons. The third-order valence-electron chi connectivity index (χ3n) is 4.83. The molecule has 1 aliphatic rings. The zero-order chi connectivity index (χ0) is 24.4. The molecule has 1 saturated heterocycles. The summed E-state index contributed by atoms with van der Waals surface area (Å²) >= 11 is 12.8. The van der Waals surface area contributed by atoms with Gasteiger partial charge in [0.25, 0.3) is 11.8 Å². The first kappa shape index (κ1) is 24.1. The molecule has 0 spiro atoms. The minimum absolute atomic E-state index is 0.0870.